The van der Waals surface area contributed by atoms with Gasteiger partial charge in [0.05, 0.1) is 18.6 Å². The second-order valence-electron chi connectivity index (χ2n) is 7.84. The maximum absolute atomic E-state index is 11.6. The molecule has 150 valence electrons. The van der Waals surface area contributed by atoms with Crippen molar-refractivity contribution in [2.75, 3.05) is 13.1 Å². The molecule has 2 N–H and O–H groups in total. The van der Waals surface area contributed by atoms with Crippen LogP contribution in [0.15, 0.2) is 73.3 Å². The molecule has 0 aliphatic carbocycles. The monoisotopic (exact) mass is 389 g/mol. The third-order valence-corrected chi connectivity index (χ3v) is 6.13. The van der Waals surface area contributed by atoms with Crippen LogP contribution in [0.4, 0.5) is 0 Å². The Hall–Kier alpha value is -2.83. The molecule has 1 aromatic heterocycles. The Bertz CT molecular complexity index is 890. The molecule has 4 rings (SSSR count). The average molecular weight is 390 g/mol. The molecular formula is C23H27N5O. The number of nitrogens with two attached hydrogens (primary N) is 1. The van der Waals surface area contributed by atoms with Crippen LogP contribution in [-0.2, 0) is 16.8 Å². The summed E-state index contributed by atoms with van der Waals surface area (Å²) in [5.74, 6) is 0. The molecule has 2 atom stereocenters. The Kier molecular flexibility index (Phi) is 5.83. The van der Waals surface area contributed by atoms with Crippen LogP contribution in [0.2, 0.25) is 0 Å². The summed E-state index contributed by atoms with van der Waals surface area (Å²) in [6.07, 6.45) is 6.16. The normalized spacial score (nSPS) is 18.8. The predicted octanol–water partition coefficient (Wildman–Crippen LogP) is 2.58. The van der Waals surface area contributed by atoms with E-state index in [1.165, 1.54) is 5.56 Å². The van der Waals surface area contributed by atoms with Crippen LogP contribution in [0.3, 0.4) is 0 Å². The molecule has 1 aliphatic rings. The zero-order chi connectivity index (χ0) is 20.1. The van der Waals surface area contributed by atoms with Crippen LogP contribution >= 0.6 is 0 Å². The van der Waals surface area contributed by atoms with E-state index in [4.69, 9.17) is 5.73 Å². The van der Waals surface area contributed by atoms with Crippen molar-refractivity contribution in [1.29, 1.82) is 0 Å². The highest BCUT2D eigenvalue weighted by Gasteiger charge is 2.39. The summed E-state index contributed by atoms with van der Waals surface area (Å²) in [7, 11) is 0. The number of aromatic nitrogens is 3. The quantitative estimate of drug-likeness (QED) is 0.629. The molecule has 1 unspecified atom stereocenters. The molecule has 0 bridgehead atoms. The highest BCUT2D eigenvalue weighted by atomic mass is 16.1. The van der Waals surface area contributed by atoms with Crippen LogP contribution in [0, 0.1) is 0 Å². The minimum atomic E-state index is -0.544. The molecule has 6 heteroatoms. The molecule has 3 aromatic rings. The topological polar surface area (TPSA) is 77.0 Å². The number of hydrogen-bond donors (Lipinski definition) is 1. The SMILES string of the molecule is N[C@@H](C=O)C(c1ccccc1)N1CCC(Cn2cncn2)(c2ccccc2)CC1. The molecule has 0 amide bonds. The fraction of sp³-hybridized carbons (Fsp3) is 0.348. The maximum Gasteiger partial charge on any atom is 0.138 e. The van der Waals surface area contributed by atoms with E-state index < -0.39 is 6.04 Å². The van der Waals surface area contributed by atoms with E-state index in [0.717, 1.165) is 44.3 Å². The highest BCUT2D eigenvalue weighted by molar-refractivity contribution is 5.59. The van der Waals surface area contributed by atoms with Crippen LogP contribution in [-0.4, -0.2) is 45.1 Å². The van der Waals surface area contributed by atoms with Crippen LogP contribution in [0.5, 0.6) is 0 Å². The standard InChI is InChI=1S/C23H27N5O/c24-21(15-29)22(19-7-3-1-4-8-19)27-13-11-23(12-14-27,16-28-18-25-17-26-28)20-9-5-2-6-10-20/h1-10,15,17-18,21-22H,11-14,16,24H2/t21-,22?/m0/s1. The van der Waals surface area contributed by atoms with Gasteiger partial charge in [0.15, 0.2) is 0 Å². The van der Waals surface area contributed by atoms with Crippen LogP contribution < -0.4 is 5.73 Å². The number of benzene rings is 2. The van der Waals surface area contributed by atoms with Gasteiger partial charge in [-0.05, 0) is 37.1 Å². The zero-order valence-corrected chi connectivity index (χ0v) is 16.5. The maximum atomic E-state index is 11.6. The first kappa shape index (κ1) is 19.5. The van der Waals surface area contributed by atoms with Crippen molar-refractivity contribution in [3.63, 3.8) is 0 Å². The van der Waals surface area contributed by atoms with E-state index in [2.05, 4.69) is 57.4 Å². The summed E-state index contributed by atoms with van der Waals surface area (Å²) in [6.45, 7) is 2.52. The molecule has 2 heterocycles. The summed E-state index contributed by atoms with van der Waals surface area (Å²) in [5.41, 5.74) is 8.64. The number of piperidine rings is 1. The number of rotatable bonds is 7. The largest absolute Gasteiger partial charge is 0.320 e. The van der Waals surface area contributed by atoms with Gasteiger partial charge in [0.25, 0.3) is 0 Å². The van der Waals surface area contributed by atoms with Gasteiger partial charge in [0, 0.05) is 5.41 Å². The predicted molar refractivity (Wildman–Crippen MR) is 112 cm³/mol. The van der Waals surface area contributed by atoms with Crippen molar-refractivity contribution in [2.24, 2.45) is 5.73 Å². The Morgan fingerprint density at radius 3 is 2.28 bits per heavy atom. The van der Waals surface area contributed by atoms with Gasteiger partial charge in [-0.3, -0.25) is 9.58 Å². The lowest BCUT2D eigenvalue weighted by Crippen LogP contribution is -2.50. The molecular weight excluding hydrogens is 362 g/mol. The van der Waals surface area contributed by atoms with Crippen molar-refractivity contribution in [2.45, 2.75) is 36.9 Å². The van der Waals surface area contributed by atoms with Gasteiger partial charge in [-0.15, -0.1) is 0 Å². The lowest BCUT2D eigenvalue weighted by atomic mass is 9.72. The second-order valence-corrected chi connectivity index (χ2v) is 7.84. The van der Waals surface area contributed by atoms with E-state index in [9.17, 15) is 4.79 Å². The number of hydrogen-bond acceptors (Lipinski definition) is 5. The average Bonchev–Trinajstić information content (AvgIpc) is 3.29. The number of aldehydes is 1. The summed E-state index contributed by atoms with van der Waals surface area (Å²) in [5, 5.41) is 4.35. The van der Waals surface area contributed by atoms with Gasteiger partial charge in [-0.2, -0.15) is 5.10 Å². The molecule has 1 fully saturated rings. The van der Waals surface area contributed by atoms with Crippen LogP contribution in [0.1, 0.15) is 30.0 Å². The van der Waals surface area contributed by atoms with Gasteiger partial charge in [-0.1, -0.05) is 60.7 Å². The number of nitrogens with zero attached hydrogens (tertiary/aromatic N) is 4. The summed E-state index contributed by atoms with van der Waals surface area (Å²) in [4.78, 5) is 18.0. The van der Waals surface area contributed by atoms with Gasteiger partial charge in [0.1, 0.15) is 18.9 Å². The molecule has 1 saturated heterocycles. The van der Waals surface area contributed by atoms with Crippen molar-refractivity contribution in [1.82, 2.24) is 19.7 Å². The smallest absolute Gasteiger partial charge is 0.138 e. The summed E-state index contributed by atoms with van der Waals surface area (Å²) >= 11 is 0. The van der Waals surface area contributed by atoms with Gasteiger partial charge < -0.3 is 10.5 Å². The molecule has 29 heavy (non-hydrogen) atoms. The molecule has 0 saturated carbocycles. The fourth-order valence-electron chi connectivity index (χ4n) is 4.59. The first-order chi connectivity index (χ1) is 14.2. The minimum absolute atomic E-state index is 0.0159. The minimum Gasteiger partial charge on any atom is -0.320 e. The third-order valence-electron chi connectivity index (χ3n) is 6.13. The lowest BCUT2D eigenvalue weighted by molar-refractivity contribution is -0.110. The summed E-state index contributed by atoms with van der Waals surface area (Å²) < 4.78 is 1.93. The molecule has 0 spiro atoms. The van der Waals surface area contributed by atoms with E-state index in [0.29, 0.717) is 0 Å². The van der Waals surface area contributed by atoms with E-state index in [1.54, 1.807) is 12.7 Å². The molecule has 1 aliphatic heterocycles. The molecule has 6 nitrogen and oxygen atoms in total. The third kappa shape index (κ3) is 4.13. The molecule has 2 aromatic carbocycles. The van der Waals surface area contributed by atoms with Gasteiger partial charge >= 0.3 is 0 Å². The van der Waals surface area contributed by atoms with Crippen molar-refractivity contribution < 1.29 is 4.79 Å². The first-order valence-corrected chi connectivity index (χ1v) is 10.1. The highest BCUT2D eigenvalue weighted by Crippen LogP contribution is 2.39. The van der Waals surface area contributed by atoms with Crippen molar-refractivity contribution >= 4 is 6.29 Å². The lowest BCUT2D eigenvalue weighted by Gasteiger charge is -2.45. The van der Waals surface area contributed by atoms with Crippen molar-refractivity contribution in [3.8, 4) is 0 Å². The summed E-state index contributed by atoms with van der Waals surface area (Å²) in [6, 6.07) is 20.1. The number of likely N-dealkylation sites (tertiary alicyclic amines) is 1. The zero-order valence-electron chi connectivity index (χ0n) is 16.5. The Labute approximate surface area is 171 Å². The Morgan fingerprint density at radius 1 is 1.03 bits per heavy atom. The van der Waals surface area contributed by atoms with Crippen molar-refractivity contribution in [3.05, 3.63) is 84.4 Å². The van der Waals surface area contributed by atoms with E-state index >= 15 is 0 Å². The fourth-order valence-corrected chi connectivity index (χ4v) is 4.59. The Balaban J connectivity index is 1.59. The van der Waals surface area contributed by atoms with Gasteiger partial charge in [-0.25, -0.2) is 4.98 Å². The van der Waals surface area contributed by atoms with Crippen LogP contribution in [0.25, 0.3) is 0 Å². The molecule has 0 radical (unpaired) electrons. The second kappa shape index (κ2) is 8.68. The first-order valence-electron chi connectivity index (χ1n) is 10.1. The van der Waals surface area contributed by atoms with Gasteiger partial charge in [0.2, 0.25) is 0 Å². The number of carbonyl (C=O) groups is 1. The number of carbonyl (C=O) groups excluding carboxylic acids is 1. The Morgan fingerprint density at radius 2 is 1.69 bits per heavy atom. The van der Waals surface area contributed by atoms with E-state index in [-0.39, 0.29) is 11.5 Å². The van der Waals surface area contributed by atoms with E-state index in [1.807, 2.05) is 22.9 Å².